The van der Waals surface area contributed by atoms with Crippen molar-refractivity contribution >= 4 is 27.7 Å². The molecule has 5 nitrogen and oxygen atoms in total. The standard InChI is InChI=1S/C14H16O2Si.C4H12O3Si/c1-15-17(16-2,13-9-5-3-6-10-13)14-11-7-4-8-12-14;1-5-8(4,6-2)7-3/h3-12H,1-2H3;1-4H3. The maximum Gasteiger partial charge on any atom is 0.496 e. The van der Waals surface area contributed by atoms with E-state index in [1.807, 2.05) is 42.9 Å². The third kappa shape index (κ3) is 5.58. The maximum atomic E-state index is 5.78. The van der Waals surface area contributed by atoms with E-state index in [2.05, 4.69) is 24.3 Å². The van der Waals surface area contributed by atoms with Crippen LogP contribution in [0.3, 0.4) is 0 Å². The zero-order valence-corrected chi connectivity index (χ0v) is 17.8. The normalized spacial score (nSPS) is 11.6. The molecule has 0 bridgehead atoms. The molecular weight excluding hydrogens is 352 g/mol. The van der Waals surface area contributed by atoms with Crippen LogP contribution in [0.25, 0.3) is 0 Å². The second-order valence-corrected chi connectivity index (χ2v) is 11.4. The summed E-state index contributed by atoms with van der Waals surface area (Å²) in [5.41, 5.74) is 0. The monoisotopic (exact) mass is 380 g/mol. The van der Waals surface area contributed by atoms with Gasteiger partial charge in [-0.2, -0.15) is 0 Å². The molecule has 7 heteroatoms. The zero-order chi connectivity index (χ0) is 18.8. The van der Waals surface area contributed by atoms with E-state index in [4.69, 9.17) is 22.1 Å². The Morgan fingerprint density at radius 3 is 1.04 bits per heavy atom. The molecule has 0 spiro atoms. The summed E-state index contributed by atoms with van der Waals surface area (Å²) in [6.45, 7) is 1.83. The van der Waals surface area contributed by atoms with Crippen LogP contribution in [0, 0.1) is 0 Å². The lowest BCUT2D eigenvalue weighted by Gasteiger charge is -2.27. The fourth-order valence-electron chi connectivity index (χ4n) is 2.29. The van der Waals surface area contributed by atoms with Crippen molar-refractivity contribution in [2.45, 2.75) is 6.55 Å². The number of rotatable bonds is 7. The first-order chi connectivity index (χ1) is 12.0. The molecule has 0 aliphatic rings. The maximum absolute atomic E-state index is 5.78. The molecular formula is C18H28O5Si2. The smallest absolute Gasteiger partial charge is 0.391 e. The fraction of sp³-hybridized carbons (Fsp3) is 0.333. The lowest BCUT2D eigenvalue weighted by Crippen LogP contribution is -2.62. The Kier molecular flexibility index (Phi) is 9.22. The second kappa shape index (κ2) is 10.6. The van der Waals surface area contributed by atoms with Crippen LogP contribution >= 0.6 is 0 Å². The number of benzene rings is 2. The third-order valence-corrected chi connectivity index (χ3v) is 9.56. The lowest BCUT2D eigenvalue weighted by molar-refractivity contribution is 0.132. The van der Waals surface area contributed by atoms with Crippen molar-refractivity contribution in [1.29, 1.82) is 0 Å². The van der Waals surface area contributed by atoms with Crippen molar-refractivity contribution in [3.63, 3.8) is 0 Å². The molecule has 0 unspecified atom stereocenters. The van der Waals surface area contributed by atoms with E-state index in [-0.39, 0.29) is 0 Å². The van der Waals surface area contributed by atoms with E-state index in [9.17, 15) is 0 Å². The molecule has 2 aromatic carbocycles. The summed E-state index contributed by atoms with van der Waals surface area (Å²) in [6.07, 6.45) is 0. The average molecular weight is 381 g/mol. The minimum atomic E-state index is -2.50. The Balaban J connectivity index is 0.000000333. The fourth-order valence-corrected chi connectivity index (χ4v) is 5.49. The first-order valence-corrected chi connectivity index (χ1v) is 11.9. The van der Waals surface area contributed by atoms with Gasteiger partial charge in [0.25, 0.3) is 0 Å². The molecule has 0 aliphatic carbocycles. The van der Waals surface area contributed by atoms with Crippen LogP contribution in [0.15, 0.2) is 60.7 Å². The van der Waals surface area contributed by atoms with Crippen LogP contribution < -0.4 is 10.4 Å². The Hall–Kier alpha value is -1.33. The van der Waals surface area contributed by atoms with Crippen molar-refractivity contribution < 1.29 is 22.1 Å². The topological polar surface area (TPSA) is 46.2 Å². The highest BCUT2D eigenvalue weighted by molar-refractivity contribution is 6.92. The predicted octanol–water partition coefficient (Wildman–Crippen LogP) is 2.03. The third-order valence-electron chi connectivity index (χ3n) is 3.99. The SMILES string of the molecule is CO[Si](C)(OC)OC.CO[Si](OC)(c1ccccc1)c1ccccc1. The van der Waals surface area contributed by atoms with Gasteiger partial charge in [-0.05, 0) is 10.4 Å². The molecule has 0 aromatic heterocycles. The van der Waals surface area contributed by atoms with Gasteiger partial charge in [0, 0.05) is 42.1 Å². The molecule has 0 aliphatic heterocycles. The molecule has 0 amide bonds. The van der Waals surface area contributed by atoms with Crippen molar-refractivity contribution in [1.82, 2.24) is 0 Å². The number of hydrogen-bond donors (Lipinski definition) is 0. The van der Waals surface area contributed by atoms with E-state index in [0.29, 0.717) is 0 Å². The van der Waals surface area contributed by atoms with Crippen LogP contribution in [0.5, 0.6) is 0 Å². The van der Waals surface area contributed by atoms with Gasteiger partial charge in [0.15, 0.2) is 0 Å². The summed E-state index contributed by atoms with van der Waals surface area (Å²) in [7, 11) is 3.52. The van der Waals surface area contributed by atoms with Gasteiger partial charge < -0.3 is 22.1 Å². The van der Waals surface area contributed by atoms with E-state index in [0.717, 1.165) is 10.4 Å². The Labute approximate surface area is 153 Å². The first-order valence-electron chi connectivity index (χ1n) is 7.88. The summed E-state index contributed by atoms with van der Waals surface area (Å²) in [5.74, 6) is 0. The summed E-state index contributed by atoms with van der Waals surface area (Å²) >= 11 is 0. The molecule has 0 fully saturated rings. The molecule has 25 heavy (non-hydrogen) atoms. The number of hydrogen-bond acceptors (Lipinski definition) is 5. The summed E-state index contributed by atoms with van der Waals surface area (Å²) in [6, 6.07) is 20.3. The molecule has 0 N–H and O–H groups in total. The minimum Gasteiger partial charge on any atom is -0.391 e. The van der Waals surface area contributed by atoms with Crippen molar-refractivity contribution in [3.05, 3.63) is 60.7 Å². The van der Waals surface area contributed by atoms with Gasteiger partial charge >= 0.3 is 17.4 Å². The quantitative estimate of drug-likeness (QED) is 0.688. The van der Waals surface area contributed by atoms with Crippen molar-refractivity contribution in [2.75, 3.05) is 35.5 Å². The molecule has 0 saturated carbocycles. The van der Waals surface area contributed by atoms with Gasteiger partial charge in [-0.15, -0.1) is 0 Å². The average Bonchev–Trinajstić information content (AvgIpc) is 2.71. The Morgan fingerprint density at radius 1 is 0.520 bits per heavy atom. The van der Waals surface area contributed by atoms with Crippen LogP contribution in [-0.4, -0.2) is 52.9 Å². The van der Waals surface area contributed by atoms with E-state index >= 15 is 0 Å². The summed E-state index contributed by atoms with van der Waals surface area (Å²) in [5, 5.41) is 2.24. The largest absolute Gasteiger partial charge is 0.496 e. The Morgan fingerprint density at radius 2 is 0.840 bits per heavy atom. The second-order valence-electron chi connectivity index (χ2n) is 5.23. The van der Waals surface area contributed by atoms with Gasteiger partial charge in [0.05, 0.1) is 0 Å². The van der Waals surface area contributed by atoms with E-state index in [1.165, 1.54) is 0 Å². The first kappa shape index (κ1) is 21.7. The predicted molar refractivity (Wildman–Crippen MR) is 105 cm³/mol. The van der Waals surface area contributed by atoms with Crippen LogP contribution in [0.2, 0.25) is 6.55 Å². The molecule has 138 valence electrons. The zero-order valence-electron chi connectivity index (χ0n) is 15.8. The van der Waals surface area contributed by atoms with Crippen LogP contribution in [0.1, 0.15) is 0 Å². The van der Waals surface area contributed by atoms with Gasteiger partial charge in [0.1, 0.15) is 0 Å². The van der Waals surface area contributed by atoms with E-state index in [1.54, 1.807) is 35.5 Å². The minimum absolute atomic E-state index is 1.12. The highest BCUT2D eigenvalue weighted by Gasteiger charge is 2.40. The van der Waals surface area contributed by atoms with Gasteiger partial charge in [-0.3, -0.25) is 0 Å². The van der Waals surface area contributed by atoms with Gasteiger partial charge in [-0.1, -0.05) is 60.7 Å². The van der Waals surface area contributed by atoms with Gasteiger partial charge in [-0.25, -0.2) is 0 Å². The highest BCUT2D eigenvalue weighted by atomic mass is 28.4. The molecule has 2 aromatic rings. The molecule has 0 heterocycles. The van der Waals surface area contributed by atoms with Crippen LogP contribution in [0.4, 0.5) is 0 Å². The molecule has 0 saturated heterocycles. The van der Waals surface area contributed by atoms with Crippen LogP contribution in [-0.2, 0) is 22.1 Å². The molecule has 2 rings (SSSR count). The highest BCUT2D eigenvalue weighted by Crippen LogP contribution is 2.07. The summed E-state index contributed by atoms with van der Waals surface area (Å²) < 4.78 is 26.3. The van der Waals surface area contributed by atoms with E-state index < -0.39 is 17.4 Å². The Bertz CT molecular complexity index is 537. The van der Waals surface area contributed by atoms with Gasteiger partial charge in [0.2, 0.25) is 0 Å². The van der Waals surface area contributed by atoms with Crippen molar-refractivity contribution in [2.24, 2.45) is 0 Å². The summed E-state index contributed by atoms with van der Waals surface area (Å²) in [4.78, 5) is 0. The molecule has 0 atom stereocenters. The molecule has 0 radical (unpaired) electrons. The lowest BCUT2D eigenvalue weighted by atomic mass is 10.4. The van der Waals surface area contributed by atoms with Crippen molar-refractivity contribution in [3.8, 4) is 0 Å².